The molecule has 4 rings (SSSR count). The number of nitrogens with zero attached hydrogens (tertiary/aromatic N) is 1. The van der Waals surface area contributed by atoms with Crippen molar-refractivity contribution in [2.24, 2.45) is 0 Å². The van der Waals surface area contributed by atoms with Crippen molar-refractivity contribution in [1.82, 2.24) is 10.2 Å². The molecule has 2 aromatic carbocycles. The van der Waals surface area contributed by atoms with Crippen LogP contribution in [0.5, 0.6) is 0 Å². The third-order valence-electron chi connectivity index (χ3n) is 5.45. The average molecular weight is 349 g/mol. The van der Waals surface area contributed by atoms with E-state index in [0.29, 0.717) is 0 Å². The van der Waals surface area contributed by atoms with Crippen LogP contribution in [0.1, 0.15) is 36.0 Å². The fourth-order valence-corrected chi connectivity index (χ4v) is 3.99. The lowest BCUT2D eigenvalue weighted by Crippen LogP contribution is -2.44. The summed E-state index contributed by atoms with van der Waals surface area (Å²) in [6, 6.07) is 16.5. The highest BCUT2D eigenvalue weighted by Crippen LogP contribution is 2.19. The lowest BCUT2D eigenvalue weighted by molar-refractivity contribution is -0.118. The normalized spacial score (nSPS) is 20.4. The molecule has 0 radical (unpaired) electrons. The van der Waals surface area contributed by atoms with Gasteiger partial charge in [-0.2, -0.15) is 0 Å². The Bertz CT molecular complexity index is 767. The Morgan fingerprint density at radius 3 is 2.69 bits per heavy atom. The first-order chi connectivity index (χ1) is 12.8. The molecule has 2 heterocycles. The molecule has 1 amide bonds. The minimum atomic E-state index is -0.171. The second-order valence-electron chi connectivity index (χ2n) is 7.43. The molecule has 1 saturated heterocycles. The Hall–Kier alpha value is -2.17. The maximum atomic E-state index is 12.7. The summed E-state index contributed by atoms with van der Waals surface area (Å²) < 4.78 is 0. The number of piperidine rings is 1. The maximum absolute atomic E-state index is 12.7. The quantitative estimate of drug-likeness (QED) is 0.890. The van der Waals surface area contributed by atoms with E-state index in [1.807, 2.05) is 18.2 Å². The SMILES string of the molecule is O=C(Nc1cccc(CN2CCCCC2)c1)C1Cc2ccccc2CN1. The van der Waals surface area contributed by atoms with E-state index < -0.39 is 0 Å². The summed E-state index contributed by atoms with van der Waals surface area (Å²) in [5.41, 5.74) is 4.72. The van der Waals surface area contributed by atoms with Crippen LogP contribution in [0.3, 0.4) is 0 Å². The summed E-state index contributed by atoms with van der Waals surface area (Å²) in [6.45, 7) is 4.09. The van der Waals surface area contributed by atoms with Crippen LogP contribution in [0, 0.1) is 0 Å². The largest absolute Gasteiger partial charge is 0.325 e. The number of hydrogen-bond donors (Lipinski definition) is 2. The molecule has 0 aliphatic carbocycles. The molecule has 1 fully saturated rings. The molecule has 26 heavy (non-hydrogen) atoms. The van der Waals surface area contributed by atoms with E-state index in [2.05, 4.69) is 45.9 Å². The number of likely N-dealkylation sites (tertiary alicyclic amines) is 1. The fourth-order valence-electron chi connectivity index (χ4n) is 3.99. The van der Waals surface area contributed by atoms with Crippen LogP contribution < -0.4 is 10.6 Å². The molecule has 1 atom stereocenters. The van der Waals surface area contributed by atoms with E-state index in [0.717, 1.165) is 25.2 Å². The topological polar surface area (TPSA) is 44.4 Å². The maximum Gasteiger partial charge on any atom is 0.241 e. The van der Waals surface area contributed by atoms with Crippen molar-refractivity contribution in [3.63, 3.8) is 0 Å². The first-order valence-corrected chi connectivity index (χ1v) is 9.70. The third-order valence-corrected chi connectivity index (χ3v) is 5.45. The molecular formula is C22H27N3O. The van der Waals surface area contributed by atoms with Crippen LogP contribution in [0.2, 0.25) is 0 Å². The van der Waals surface area contributed by atoms with Gasteiger partial charge in [-0.3, -0.25) is 9.69 Å². The zero-order valence-electron chi connectivity index (χ0n) is 15.2. The summed E-state index contributed by atoms with van der Waals surface area (Å²) in [5, 5.41) is 6.46. The molecule has 1 unspecified atom stereocenters. The summed E-state index contributed by atoms with van der Waals surface area (Å²) in [5.74, 6) is 0.0506. The highest BCUT2D eigenvalue weighted by atomic mass is 16.2. The molecule has 2 aliphatic rings. The van der Waals surface area contributed by atoms with Gasteiger partial charge < -0.3 is 10.6 Å². The van der Waals surface area contributed by atoms with E-state index >= 15 is 0 Å². The van der Waals surface area contributed by atoms with Gasteiger partial charge in [0.05, 0.1) is 6.04 Å². The lowest BCUT2D eigenvalue weighted by Gasteiger charge is -2.27. The highest BCUT2D eigenvalue weighted by molar-refractivity contribution is 5.95. The van der Waals surface area contributed by atoms with Crippen LogP contribution in [-0.2, 0) is 24.3 Å². The van der Waals surface area contributed by atoms with Gasteiger partial charge in [-0.1, -0.05) is 42.8 Å². The number of carbonyl (C=O) groups excluding carboxylic acids is 1. The third kappa shape index (κ3) is 4.14. The zero-order chi connectivity index (χ0) is 17.8. The van der Waals surface area contributed by atoms with E-state index in [-0.39, 0.29) is 11.9 Å². The minimum Gasteiger partial charge on any atom is -0.325 e. The van der Waals surface area contributed by atoms with Crippen molar-refractivity contribution in [2.75, 3.05) is 18.4 Å². The van der Waals surface area contributed by atoms with Gasteiger partial charge >= 0.3 is 0 Å². The smallest absolute Gasteiger partial charge is 0.241 e. The van der Waals surface area contributed by atoms with Gasteiger partial charge in [0.2, 0.25) is 5.91 Å². The van der Waals surface area contributed by atoms with Crippen LogP contribution in [0.4, 0.5) is 5.69 Å². The number of hydrogen-bond acceptors (Lipinski definition) is 3. The molecule has 0 bridgehead atoms. The Kier molecular flexibility index (Phi) is 5.32. The van der Waals surface area contributed by atoms with E-state index in [1.165, 1.54) is 49.0 Å². The van der Waals surface area contributed by atoms with Gasteiger partial charge in [0.1, 0.15) is 0 Å². The number of rotatable bonds is 4. The second-order valence-corrected chi connectivity index (χ2v) is 7.43. The zero-order valence-corrected chi connectivity index (χ0v) is 15.2. The number of anilines is 1. The van der Waals surface area contributed by atoms with E-state index in [1.54, 1.807) is 0 Å². The Balaban J connectivity index is 1.38. The lowest BCUT2D eigenvalue weighted by atomic mass is 9.95. The van der Waals surface area contributed by atoms with Crippen LogP contribution in [0.15, 0.2) is 48.5 Å². The molecule has 0 spiro atoms. The van der Waals surface area contributed by atoms with Gasteiger partial charge in [0, 0.05) is 18.8 Å². The van der Waals surface area contributed by atoms with Crippen molar-refractivity contribution in [3.05, 3.63) is 65.2 Å². The standard InChI is InChI=1S/C22H27N3O/c26-22(21-14-18-8-2-3-9-19(18)15-23-21)24-20-10-6-7-17(13-20)16-25-11-4-1-5-12-25/h2-3,6-10,13,21,23H,1,4-5,11-12,14-16H2,(H,24,26). The average Bonchev–Trinajstić information content (AvgIpc) is 2.68. The summed E-state index contributed by atoms with van der Waals surface area (Å²) in [7, 11) is 0. The van der Waals surface area contributed by atoms with Crippen molar-refractivity contribution >= 4 is 11.6 Å². The monoisotopic (exact) mass is 349 g/mol. The number of amides is 1. The van der Waals surface area contributed by atoms with Gasteiger partial charge in [-0.15, -0.1) is 0 Å². The molecule has 0 saturated carbocycles. The van der Waals surface area contributed by atoms with Crippen LogP contribution >= 0.6 is 0 Å². The summed E-state index contributed by atoms with van der Waals surface area (Å²) >= 11 is 0. The van der Waals surface area contributed by atoms with Gasteiger partial charge in [-0.25, -0.2) is 0 Å². The molecule has 2 aliphatic heterocycles. The van der Waals surface area contributed by atoms with Crippen LogP contribution in [-0.4, -0.2) is 29.9 Å². The van der Waals surface area contributed by atoms with Crippen molar-refractivity contribution in [2.45, 2.75) is 44.8 Å². The first-order valence-electron chi connectivity index (χ1n) is 9.70. The Morgan fingerprint density at radius 2 is 1.85 bits per heavy atom. The molecule has 2 N–H and O–H groups in total. The Labute approximate surface area is 155 Å². The first kappa shape index (κ1) is 17.3. The summed E-state index contributed by atoms with van der Waals surface area (Å²) in [6.07, 6.45) is 4.69. The van der Waals surface area contributed by atoms with E-state index in [4.69, 9.17) is 0 Å². The van der Waals surface area contributed by atoms with Crippen molar-refractivity contribution in [1.29, 1.82) is 0 Å². The fraction of sp³-hybridized carbons (Fsp3) is 0.409. The molecule has 136 valence electrons. The second kappa shape index (κ2) is 8.02. The minimum absolute atomic E-state index is 0.0506. The number of nitrogens with one attached hydrogen (secondary N) is 2. The predicted molar refractivity (Wildman–Crippen MR) is 105 cm³/mol. The Morgan fingerprint density at radius 1 is 1.04 bits per heavy atom. The molecule has 4 heteroatoms. The molecule has 2 aromatic rings. The predicted octanol–water partition coefficient (Wildman–Crippen LogP) is 3.33. The molecule has 0 aromatic heterocycles. The van der Waals surface area contributed by atoms with E-state index in [9.17, 15) is 4.79 Å². The molecule has 4 nitrogen and oxygen atoms in total. The van der Waals surface area contributed by atoms with Crippen LogP contribution in [0.25, 0.3) is 0 Å². The van der Waals surface area contributed by atoms with Crippen molar-refractivity contribution in [3.8, 4) is 0 Å². The molecular weight excluding hydrogens is 322 g/mol. The van der Waals surface area contributed by atoms with Crippen molar-refractivity contribution < 1.29 is 4.79 Å². The highest BCUT2D eigenvalue weighted by Gasteiger charge is 2.24. The van der Waals surface area contributed by atoms with Gasteiger partial charge in [0.25, 0.3) is 0 Å². The number of fused-ring (bicyclic) bond motifs is 1. The number of carbonyl (C=O) groups is 1. The van der Waals surface area contributed by atoms with Gasteiger partial charge in [-0.05, 0) is 61.2 Å². The number of benzene rings is 2. The summed E-state index contributed by atoms with van der Waals surface area (Å²) in [4.78, 5) is 15.2. The van der Waals surface area contributed by atoms with Gasteiger partial charge in [0.15, 0.2) is 0 Å².